The second-order valence-electron chi connectivity index (χ2n) is 4.04. The maximum atomic E-state index is 9.35. The fraction of sp³-hybridized carbons (Fsp3) is 0.636. The molecule has 0 saturated carbocycles. The Morgan fingerprint density at radius 3 is 2.41 bits per heavy atom. The van der Waals surface area contributed by atoms with Gasteiger partial charge in [0, 0.05) is 18.8 Å². The number of nitrogens with zero attached hydrogens (tertiary/aromatic N) is 2. The number of hydrogen-bond acceptors (Lipinski definition) is 6. The molecule has 6 heteroatoms. The zero-order chi connectivity index (χ0) is 12.9. The number of aliphatic hydroxyl groups excluding tert-OH is 2. The molecule has 1 heterocycles. The summed E-state index contributed by atoms with van der Waals surface area (Å²) in [5.74, 6) is 1.10. The van der Waals surface area contributed by atoms with E-state index in [2.05, 4.69) is 20.6 Å². The standard InChI is InChI=1S/C11H20N4O2/c1-4-11(6-16,7-17)15-9-5-8(2)13-10(12-3)14-9/h5,16-17H,4,6-7H2,1-3H3,(H2,12,13,14,15). The van der Waals surface area contributed by atoms with Crippen LogP contribution in [0, 0.1) is 6.92 Å². The monoisotopic (exact) mass is 240 g/mol. The second kappa shape index (κ2) is 5.79. The minimum atomic E-state index is -0.744. The number of aryl methyl sites for hydroxylation is 1. The van der Waals surface area contributed by atoms with Crippen molar-refractivity contribution in [2.24, 2.45) is 0 Å². The van der Waals surface area contributed by atoms with Crippen molar-refractivity contribution in [1.29, 1.82) is 0 Å². The number of anilines is 2. The Bertz CT molecular complexity index is 358. The highest BCUT2D eigenvalue weighted by molar-refractivity contribution is 5.44. The van der Waals surface area contributed by atoms with Crippen LogP contribution in [0.5, 0.6) is 0 Å². The summed E-state index contributed by atoms with van der Waals surface area (Å²) in [6.07, 6.45) is 0.595. The largest absolute Gasteiger partial charge is 0.394 e. The van der Waals surface area contributed by atoms with Crippen molar-refractivity contribution in [3.05, 3.63) is 11.8 Å². The molecule has 0 aliphatic carbocycles. The molecular formula is C11H20N4O2. The highest BCUT2D eigenvalue weighted by Crippen LogP contribution is 2.18. The van der Waals surface area contributed by atoms with Crippen molar-refractivity contribution < 1.29 is 10.2 Å². The predicted octanol–water partition coefficient (Wildman–Crippen LogP) is 0.372. The van der Waals surface area contributed by atoms with Gasteiger partial charge in [0.1, 0.15) is 5.82 Å². The number of nitrogens with one attached hydrogen (secondary N) is 2. The Labute approximate surface area is 101 Å². The van der Waals surface area contributed by atoms with E-state index in [4.69, 9.17) is 0 Å². The molecule has 0 unspecified atom stereocenters. The van der Waals surface area contributed by atoms with E-state index in [0.29, 0.717) is 18.2 Å². The smallest absolute Gasteiger partial charge is 0.224 e. The fourth-order valence-electron chi connectivity index (χ4n) is 1.46. The highest BCUT2D eigenvalue weighted by atomic mass is 16.3. The van der Waals surface area contributed by atoms with E-state index in [9.17, 15) is 10.2 Å². The molecule has 0 atom stereocenters. The molecule has 0 bridgehead atoms. The van der Waals surface area contributed by atoms with Crippen LogP contribution in [-0.4, -0.2) is 46.0 Å². The molecule has 0 spiro atoms. The van der Waals surface area contributed by atoms with E-state index < -0.39 is 5.54 Å². The number of aliphatic hydroxyl groups is 2. The van der Waals surface area contributed by atoms with Gasteiger partial charge >= 0.3 is 0 Å². The number of aromatic nitrogens is 2. The lowest BCUT2D eigenvalue weighted by molar-refractivity contribution is 0.132. The zero-order valence-corrected chi connectivity index (χ0v) is 10.5. The Morgan fingerprint density at radius 1 is 1.29 bits per heavy atom. The SMILES string of the molecule is CCC(CO)(CO)Nc1cc(C)nc(NC)n1. The molecule has 1 aromatic rings. The molecule has 0 saturated heterocycles. The third-order valence-corrected chi connectivity index (χ3v) is 2.75. The average Bonchev–Trinajstić information content (AvgIpc) is 2.35. The van der Waals surface area contributed by atoms with Crippen LogP contribution in [0.15, 0.2) is 6.07 Å². The molecule has 0 fully saturated rings. The van der Waals surface area contributed by atoms with Crippen LogP contribution in [0.4, 0.5) is 11.8 Å². The van der Waals surface area contributed by atoms with Gasteiger partial charge in [-0.3, -0.25) is 0 Å². The van der Waals surface area contributed by atoms with Crippen LogP contribution >= 0.6 is 0 Å². The van der Waals surface area contributed by atoms with Crippen molar-refractivity contribution in [2.45, 2.75) is 25.8 Å². The van der Waals surface area contributed by atoms with Gasteiger partial charge in [-0.25, -0.2) is 4.98 Å². The van der Waals surface area contributed by atoms with Gasteiger partial charge in [-0.1, -0.05) is 6.92 Å². The fourth-order valence-corrected chi connectivity index (χ4v) is 1.46. The van der Waals surface area contributed by atoms with Crippen LogP contribution in [0.1, 0.15) is 19.0 Å². The molecule has 0 aromatic carbocycles. The van der Waals surface area contributed by atoms with E-state index >= 15 is 0 Å². The summed E-state index contributed by atoms with van der Waals surface area (Å²) in [6.45, 7) is 3.45. The van der Waals surface area contributed by atoms with Crippen LogP contribution in [0.2, 0.25) is 0 Å². The first kappa shape index (κ1) is 13.7. The minimum absolute atomic E-state index is 0.155. The Morgan fingerprint density at radius 2 is 1.94 bits per heavy atom. The van der Waals surface area contributed by atoms with Crippen molar-refractivity contribution in [2.75, 3.05) is 30.9 Å². The summed E-state index contributed by atoms with van der Waals surface area (Å²) in [4.78, 5) is 8.40. The van der Waals surface area contributed by atoms with Crippen LogP contribution in [0.25, 0.3) is 0 Å². The summed E-state index contributed by atoms with van der Waals surface area (Å²) < 4.78 is 0. The van der Waals surface area contributed by atoms with Gasteiger partial charge in [0.25, 0.3) is 0 Å². The van der Waals surface area contributed by atoms with Gasteiger partial charge in [0.15, 0.2) is 0 Å². The molecule has 96 valence electrons. The molecule has 0 radical (unpaired) electrons. The van der Waals surface area contributed by atoms with E-state index in [1.807, 2.05) is 13.8 Å². The highest BCUT2D eigenvalue weighted by Gasteiger charge is 2.26. The molecule has 1 rings (SSSR count). The summed E-state index contributed by atoms with van der Waals surface area (Å²) in [5.41, 5.74) is 0.0685. The summed E-state index contributed by atoms with van der Waals surface area (Å²) in [5, 5.41) is 24.6. The molecule has 6 nitrogen and oxygen atoms in total. The molecule has 1 aromatic heterocycles. The molecule has 17 heavy (non-hydrogen) atoms. The van der Waals surface area contributed by atoms with E-state index in [0.717, 1.165) is 5.69 Å². The van der Waals surface area contributed by atoms with E-state index in [1.165, 1.54) is 0 Å². The molecular weight excluding hydrogens is 220 g/mol. The van der Waals surface area contributed by atoms with E-state index in [-0.39, 0.29) is 13.2 Å². The Hall–Kier alpha value is -1.40. The third kappa shape index (κ3) is 3.28. The first-order chi connectivity index (χ1) is 8.09. The van der Waals surface area contributed by atoms with Crippen molar-refractivity contribution >= 4 is 11.8 Å². The minimum Gasteiger partial charge on any atom is -0.394 e. The summed E-state index contributed by atoms with van der Waals surface area (Å²) in [7, 11) is 1.74. The predicted molar refractivity (Wildman–Crippen MR) is 67.1 cm³/mol. The summed E-state index contributed by atoms with van der Waals surface area (Å²) >= 11 is 0. The van der Waals surface area contributed by atoms with Crippen LogP contribution in [0.3, 0.4) is 0 Å². The van der Waals surface area contributed by atoms with Gasteiger partial charge in [-0.05, 0) is 13.3 Å². The Kier molecular flexibility index (Phi) is 4.65. The second-order valence-corrected chi connectivity index (χ2v) is 4.04. The maximum absolute atomic E-state index is 9.35. The lowest BCUT2D eigenvalue weighted by Crippen LogP contribution is -2.45. The Balaban J connectivity index is 2.96. The molecule has 0 amide bonds. The topological polar surface area (TPSA) is 90.3 Å². The first-order valence-electron chi connectivity index (χ1n) is 5.62. The van der Waals surface area contributed by atoms with Crippen LogP contribution < -0.4 is 10.6 Å². The van der Waals surface area contributed by atoms with Gasteiger partial charge in [-0.15, -0.1) is 0 Å². The van der Waals surface area contributed by atoms with Gasteiger partial charge < -0.3 is 20.8 Å². The molecule has 0 aliphatic heterocycles. The van der Waals surface area contributed by atoms with Gasteiger partial charge in [-0.2, -0.15) is 4.98 Å². The van der Waals surface area contributed by atoms with E-state index in [1.54, 1.807) is 13.1 Å². The van der Waals surface area contributed by atoms with Crippen LogP contribution in [-0.2, 0) is 0 Å². The van der Waals surface area contributed by atoms with Gasteiger partial charge in [0.05, 0.1) is 18.8 Å². The summed E-state index contributed by atoms with van der Waals surface area (Å²) in [6, 6.07) is 1.77. The normalized spacial score (nSPS) is 11.4. The lowest BCUT2D eigenvalue weighted by Gasteiger charge is -2.30. The number of rotatable bonds is 6. The van der Waals surface area contributed by atoms with Crippen molar-refractivity contribution in [3.63, 3.8) is 0 Å². The first-order valence-corrected chi connectivity index (χ1v) is 5.62. The molecule has 0 aliphatic rings. The number of hydrogen-bond donors (Lipinski definition) is 4. The lowest BCUT2D eigenvalue weighted by atomic mass is 9.98. The average molecular weight is 240 g/mol. The zero-order valence-electron chi connectivity index (χ0n) is 10.5. The maximum Gasteiger partial charge on any atom is 0.224 e. The van der Waals surface area contributed by atoms with Gasteiger partial charge in [0.2, 0.25) is 5.95 Å². The third-order valence-electron chi connectivity index (χ3n) is 2.75. The van der Waals surface area contributed by atoms with Crippen molar-refractivity contribution in [3.8, 4) is 0 Å². The quantitative estimate of drug-likeness (QED) is 0.574. The molecule has 4 N–H and O–H groups in total. The van der Waals surface area contributed by atoms with Crippen molar-refractivity contribution in [1.82, 2.24) is 9.97 Å².